The maximum absolute atomic E-state index is 13.8. The van der Waals surface area contributed by atoms with Crippen LogP contribution in [-0.2, 0) is 26.7 Å². The maximum Gasteiger partial charge on any atom is 0.416 e. The number of benzene rings is 4. The number of carbonyl (C=O) groups excluding carboxylic acids is 5. The number of carbonyl (C=O) groups is 5. The van der Waals surface area contributed by atoms with Gasteiger partial charge in [-0.05, 0) is 128 Å². The summed E-state index contributed by atoms with van der Waals surface area (Å²) in [5, 5.41) is 22.3. The number of Topliss-reactive ketones (excluding diaryl/α,β-unsaturated/α-hetero) is 2. The first-order valence-electron chi connectivity index (χ1n) is 24.6. The second kappa shape index (κ2) is 20.2. The van der Waals surface area contributed by atoms with Gasteiger partial charge < -0.3 is 24.8 Å². The zero-order chi connectivity index (χ0) is 55.5. The standard InChI is InChI=1S/C31H29F3N4O4.C26H21F3N4O2/c1-30(2,3)42-29(41)37-13-12-19(17-37)23-14-18(16-35)8-9-22(23)27-26-24(10-11-25(26)39)38(28(40)36(27)4)21-7-5-6-20(15-21)31(32,33)34;1-32-24(19-6-5-15(13-30)11-20(19)16-9-10-31-14-16)23-21(7-8-22(23)34)33(25(32)35)18-4-2-3-17(12-18)26(27,28)29/h5-9,12,14-15,27H,10-11,13,17H2,1-4H3;2-6,9,11-12,24,31H,7-8,10,14H2,1H3. The van der Waals surface area contributed by atoms with Gasteiger partial charge in [0, 0.05) is 75.7 Å². The third kappa shape index (κ3) is 10.2. The number of alkyl halides is 6. The maximum atomic E-state index is 13.8. The molecule has 396 valence electrons. The van der Waals surface area contributed by atoms with Crippen molar-refractivity contribution in [2.24, 2.45) is 0 Å². The molecular formula is C57H50F6N8O6. The summed E-state index contributed by atoms with van der Waals surface area (Å²) in [5.41, 5.74) is 4.31. The molecule has 2 aliphatic carbocycles. The minimum atomic E-state index is -4.61. The number of ketones is 2. The van der Waals surface area contributed by atoms with Crippen molar-refractivity contribution in [3.63, 3.8) is 0 Å². The number of nitrogens with zero attached hydrogens (tertiary/aromatic N) is 7. The molecule has 10 rings (SSSR count). The van der Waals surface area contributed by atoms with Gasteiger partial charge in [-0.2, -0.15) is 36.9 Å². The van der Waals surface area contributed by atoms with Crippen LogP contribution >= 0.6 is 0 Å². The molecule has 0 aromatic heterocycles. The monoisotopic (exact) mass is 1060 g/mol. The van der Waals surface area contributed by atoms with Crippen LogP contribution in [0.1, 0.15) is 103 Å². The highest BCUT2D eigenvalue weighted by atomic mass is 19.4. The Morgan fingerprint density at radius 2 is 1.10 bits per heavy atom. The summed E-state index contributed by atoms with van der Waals surface area (Å²) in [6.45, 7) is 7.03. The number of hydrogen-bond acceptors (Lipinski definition) is 9. The molecule has 0 fully saturated rings. The first kappa shape index (κ1) is 53.3. The Balaban J connectivity index is 0.000000191. The molecule has 5 amide bonds. The van der Waals surface area contributed by atoms with E-state index in [4.69, 9.17) is 4.74 Å². The van der Waals surface area contributed by atoms with Gasteiger partial charge in [0.15, 0.2) is 11.6 Å². The zero-order valence-corrected chi connectivity index (χ0v) is 42.4. The number of nitriles is 2. The van der Waals surface area contributed by atoms with E-state index >= 15 is 0 Å². The summed E-state index contributed by atoms with van der Waals surface area (Å²) in [7, 11) is 3.05. The number of likely N-dealkylation sites (N-methyl/N-ethyl adjacent to an activating group) is 2. The third-order valence-corrected chi connectivity index (χ3v) is 14.1. The molecule has 0 spiro atoms. The van der Waals surface area contributed by atoms with Gasteiger partial charge in [0.05, 0.1) is 57.9 Å². The fraction of sp³-hybridized carbons (Fsp3) is 0.316. The minimum Gasteiger partial charge on any atom is -0.444 e. The number of ether oxygens (including phenoxy) is 1. The van der Waals surface area contributed by atoms with Crippen molar-refractivity contribution in [1.82, 2.24) is 20.0 Å². The van der Waals surface area contributed by atoms with Gasteiger partial charge in [-0.15, -0.1) is 0 Å². The van der Waals surface area contributed by atoms with Crippen molar-refractivity contribution >= 4 is 52.2 Å². The van der Waals surface area contributed by atoms with E-state index in [-0.39, 0.29) is 61.7 Å². The van der Waals surface area contributed by atoms with Gasteiger partial charge in [-0.1, -0.05) is 36.4 Å². The van der Waals surface area contributed by atoms with Crippen LogP contribution in [0.4, 0.5) is 52.1 Å². The van der Waals surface area contributed by atoms with Crippen molar-refractivity contribution in [2.45, 2.75) is 76.5 Å². The number of allylic oxidation sites excluding steroid dienone is 2. The van der Waals surface area contributed by atoms with E-state index in [0.29, 0.717) is 63.4 Å². The average Bonchev–Trinajstić information content (AvgIpc) is 4.43. The number of hydrogen-bond donors (Lipinski definition) is 1. The van der Waals surface area contributed by atoms with Crippen molar-refractivity contribution in [2.75, 3.05) is 50.1 Å². The lowest BCUT2D eigenvalue weighted by atomic mass is 9.86. The van der Waals surface area contributed by atoms with Gasteiger partial charge in [-0.25, -0.2) is 14.4 Å². The molecule has 4 aromatic carbocycles. The Morgan fingerprint density at radius 1 is 0.636 bits per heavy atom. The Morgan fingerprint density at radius 3 is 1.52 bits per heavy atom. The summed E-state index contributed by atoms with van der Waals surface area (Å²) < 4.78 is 86.1. The molecule has 2 atom stereocenters. The summed E-state index contributed by atoms with van der Waals surface area (Å²) >= 11 is 0. The minimum absolute atomic E-state index is 0.0221. The van der Waals surface area contributed by atoms with Gasteiger partial charge >= 0.3 is 30.5 Å². The second-order valence-electron chi connectivity index (χ2n) is 20.2. The van der Waals surface area contributed by atoms with E-state index in [1.54, 1.807) is 64.2 Å². The van der Waals surface area contributed by atoms with Crippen molar-refractivity contribution < 1.29 is 55.1 Å². The van der Waals surface area contributed by atoms with Crippen LogP contribution in [0.5, 0.6) is 0 Å². The highest BCUT2D eigenvalue weighted by molar-refractivity contribution is 6.09. The highest BCUT2D eigenvalue weighted by Crippen LogP contribution is 2.49. The fourth-order valence-corrected chi connectivity index (χ4v) is 10.6. The van der Waals surface area contributed by atoms with Crippen molar-refractivity contribution in [1.29, 1.82) is 10.5 Å². The molecule has 4 heterocycles. The van der Waals surface area contributed by atoms with Crippen LogP contribution in [0, 0.1) is 22.7 Å². The van der Waals surface area contributed by atoms with Gasteiger partial charge in [0.2, 0.25) is 0 Å². The molecule has 1 N–H and O–H groups in total. The molecule has 6 aliphatic rings. The number of nitrogens with one attached hydrogen (secondary N) is 1. The molecule has 14 nitrogen and oxygen atoms in total. The molecular weight excluding hydrogens is 1010 g/mol. The van der Waals surface area contributed by atoms with Crippen LogP contribution in [0.3, 0.4) is 0 Å². The Labute approximate surface area is 439 Å². The smallest absolute Gasteiger partial charge is 0.416 e. The quantitative estimate of drug-likeness (QED) is 0.185. The summed E-state index contributed by atoms with van der Waals surface area (Å²) in [5.74, 6) is -0.354. The normalized spacial score (nSPS) is 19.7. The number of anilines is 2. The molecule has 4 aliphatic heterocycles. The summed E-state index contributed by atoms with van der Waals surface area (Å²) in [6, 6.07) is 20.8. The predicted octanol–water partition coefficient (Wildman–Crippen LogP) is 11.2. The lowest BCUT2D eigenvalue weighted by molar-refractivity contribution is -0.138. The summed E-state index contributed by atoms with van der Waals surface area (Å²) in [6.07, 6.45) is -5.08. The molecule has 77 heavy (non-hydrogen) atoms. The lowest BCUT2D eigenvalue weighted by Gasteiger charge is -2.41. The van der Waals surface area contributed by atoms with Gasteiger partial charge in [-0.3, -0.25) is 19.4 Å². The van der Waals surface area contributed by atoms with E-state index in [9.17, 15) is 60.8 Å². The van der Waals surface area contributed by atoms with E-state index in [1.807, 2.05) is 12.2 Å². The third-order valence-electron chi connectivity index (χ3n) is 14.1. The number of rotatable bonds is 6. The molecule has 4 aromatic rings. The molecule has 0 saturated carbocycles. The molecule has 20 heteroatoms. The first-order valence-corrected chi connectivity index (χ1v) is 24.6. The molecule has 0 bridgehead atoms. The molecule has 2 unspecified atom stereocenters. The molecule has 0 radical (unpaired) electrons. The number of urea groups is 2. The average molecular weight is 1060 g/mol. The molecule has 0 saturated heterocycles. The van der Waals surface area contributed by atoms with Crippen molar-refractivity contribution in [3.8, 4) is 12.1 Å². The predicted molar refractivity (Wildman–Crippen MR) is 271 cm³/mol. The summed E-state index contributed by atoms with van der Waals surface area (Å²) in [4.78, 5) is 73.3. The zero-order valence-electron chi connectivity index (χ0n) is 42.4. The Hall–Kier alpha value is -8.49. The largest absolute Gasteiger partial charge is 0.444 e. The van der Waals surface area contributed by atoms with E-state index in [2.05, 4.69) is 17.5 Å². The van der Waals surface area contributed by atoms with Gasteiger partial charge in [0.25, 0.3) is 0 Å². The second-order valence-corrected chi connectivity index (χ2v) is 20.2. The van der Waals surface area contributed by atoms with Crippen LogP contribution in [0.2, 0.25) is 0 Å². The van der Waals surface area contributed by atoms with E-state index in [0.717, 1.165) is 41.0 Å². The lowest BCUT2D eigenvalue weighted by Crippen LogP contribution is -2.48. The first-order chi connectivity index (χ1) is 36.4. The SMILES string of the molecule is CN1C(=O)N(c2cccc(C(F)(F)F)c2)C2=C(C(=O)CC2)C1c1ccc(C#N)cc1C1=CCN(C(=O)OC(C)(C)C)C1.CN1C(=O)N(c2cccc(C(F)(F)F)c2)C2=C(C(=O)CC2)C1c1ccc(C#N)cc1C1=CCNC1. The van der Waals surface area contributed by atoms with Crippen LogP contribution in [0.15, 0.2) is 120 Å². The van der Waals surface area contributed by atoms with Crippen LogP contribution < -0.4 is 15.1 Å². The number of halogens is 6. The topological polar surface area (TPSA) is 170 Å². The van der Waals surface area contributed by atoms with E-state index in [1.165, 1.54) is 55.8 Å². The van der Waals surface area contributed by atoms with Crippen molar-refractivity contribution in [3.05, 3.63) is 164 Å². The van der Waals surface area contributed by atoms with E-state index < -0.39 is 59.3 Å². The fourth-order valence-electron chi connectivity index (χ4n) is 10.6. The van der Waals surface area contributed by atoms with Crippen LogP contribution in [0.25, 0.3) is 11.1 Å². The highest BCUT2D eigenvalue weighted by Gasteiger charge is 2.48. The number of amides is 5. The van der Waals surface area contributed by atoms with Gasteiger partial charge in [0.1, 0.15) is 5.60 Å². The Kier molecular flexibility index (Phi) is 14.0. The van der Waals surface area contributed by atoms with Crippen LogP contribution in [-0.4, -0.2) is 90.3 Å². The Bertz CT molecular complexity index is 3390.